The molecule has 0 unspecified atom stereocenters. The summed E-state index contributed by atoms with van der Waals surface area (Å²) in [7, 11) is 0. The van der Waals surface area contributed by atoms with Crippen molar-refractivity contribution in [2.75, 3.05) is 11.9 Å². The third-order valence-electron chi connectivity index (χ3n) is 4.58. The van der Waals surface area contributed by atoms with Crippen molar-refractivity contribution in [2.24, 2.45) is 0 Å². The Bertz CT molecular complexity index is 1170. The van der Waals surface area contributed by atoms with E-state index >= 15 is 0 Å². The average molecular weight is 415 g/mol. The van der Waals surface area contributed by atoms with Gasteiger partial charge >= 0.3 is 5.97 Å². The van der Waals surface area contributed by atoms with Crippen molar-refractivity contribution >= 4 is 28.6 Å². The Hall–Kier alpha value is -4.13. The van der Waals surface area contributed by atoms with Gasteiger partial charge in [0, 0.05) is 5.69 Å². The standard InChI is InChI=1S/C24H21N3O4/c28-23(16-31-24(29)14-27-17-25-21-8-4-5-9-22(21)27)26-19-10-12-20(13-11-19)30-15-18-6-2-1-3-7-18/h1-13,17H,14-16H2,(H,26,28). The molecule has 3 aromatic carbocycles. The van der Waals surface area contributed by atoms with Crippen molar-refractivity contribution in [2.45, 2.75) is 13.2 Å². The number of carbonyl (C=O) groups is 2. The lowest BCUT2D eigenvalue weighted by atomic mass is 10.2. The first-order valence-electron chi connectivity index (χ1n) is 9.79. The molecule has 0 bridgehead atoms. The van der Waals surface area contributed by atoms with Crippen molar-refractivity contribution in [3.8, 4) is 5.75 Å². The Morgan fingerprint density at radius 2 is 1.65 bits per heavy atom. The number of nitrogens with zero attached hydrogens (tertiary/aromatic N) is 2. The molecule has 7 heteroatoms. The smallest absolute Gasteiger partial charge is 0.326 e. The minimum Gasteiger partial charge on any atom is -0.489 e. The quantitative estimate of drug-likeness (QED) is 0.443. The monoisotopic (exact) mass is 415 g/mol. The largest absolute Gasteiger partial charge is 0.489 e. The Kier molecular flexibility index (Phi) is 6.23. The maximum absolute atomic E-state index is 12.1. The van der Waals surface area contributed by atoms with E-state index in [4.69, 9.17) is 9.47 Å². The number of benzene rings is 3. The highest BCUT2D eigenvalue weighted by molar-refractivity contribution is 5.92. The molecule has 0 saturated heterocycles. The topological polar surface area (TPSA) is 82.5 Å². The van der Waals surface area contributed by atoms with Crippen LogP contribution in [-0.2, 0) is 27.5 Å². The Morgan fingerprint density at radius 3 is 2.45 bits per heavy atom. The van der Waals surface area contributed by atoms with Gasteiger partial charge in [0.1, 0.15) is 18.9 Å². The van der Waals surface area contributed by atoms with E-state index in [-0.39, 0.29) is 13.2 Å². The molecule has 4 aromatic rings. The lowest BCUT2D eigenvalue weighted by Gasteiger charge is -2.09. The van der Waals surface area contributed by atoms with Gasteiger partial charge in [-0.05, 0) is 42.0 Å². The van der Waals surface area contributed by atoms with Gasteiger partial charge in [0.05, 0.1) is 17.4 Å². The summed E-state index contributed by atoms with van der Waals surface area (Å²) in [5.41, 5.74) is 3.29. The molecule has 0 atom stereocenters. The van der Waals surface area contributed by atoms with E-state index in [0.717, 1.165) is 16.6 Å². The minimum atomic E-state index is -0.511. The second-order valence-corrected chi connectivity index (χ2v) is 6.87. The predicted molar refractivity (Wildman–Crippen MR) is 117 cm³/mol. The second-order valence-electron chi connectivity index (χ2n) is 6.87. The molecule has 0 aliphatic rings. The highest BCUT2D eigenvalue weighted by Crippen LogP contribution is 2.17. The van der Waals surface area contributed by atoms with Crippen molar-refractivity contribution in [3.05, 3.63) is 90.8 Å². The number of aromatic nitrogens is 2. The normalized spacial score (nSPS) is 10.6. The first kappa shape index (κ1) is 20.2. The SMILES string of the molecule is O=C(COC(=O)Cn1cnc2ccccc21)Nc1ccc(OCc2ccccc2)cc1. The maximum atomic E-state index is 12.1. The van der Waals surface area contributed by atoms with Crippen molar-refractivity contribution < 1.29 is 19.1 Å². The fourth-order valence-corrected chi connectivity index (χ4v) is 3.04. The summed E-state index contributed by atoms with van der Waals surface area (Å²) in [6, 6.07) is 24.4. The van der Waals surface area contributed by atoms with Crippen LogP contribution in [0.5, 0.6) is 5.75 Å². The van der Waals surface area contributed by atoms with Crippen LogP contribution >= 0.6 is 0 Å². The molecule has 1 amide bonds. The van der Waals surface area contributed by atoms with E-state index in [9.17, 15) is 9.59 Å². The van der Waals surface area contributed by atoms with Gasteiger partial charge in [-0.15, -0.1) is 0 Å². The fourth-order valence-electron chi connectivity index (χ4n) is 3.04. The predicted octanol–water partition coefficient (Wildman–Crippen LogP) is 3.80. The van der Waals surface area contributed by atoms with Crippen LogP contribution in [0.4, 0.5) is 5.69 Å². The molecule has 31 heavy (non-hydrogen) atoms. The van der Waals surface area contributed by atoms with Crippen LogP contribution in [0.25, 0.3) is 11.0 Å². The van der Waals surface area contributed by atoms with Gasteiger partial charge in [-0.25, -0.2) is 4.98 Å². The van der Waals surface area contributed by atoms with Gasteiger partial charge in [-0.3, -0.25) is 9.59 Å². The van der Waals surface area contributed by atoms with Crippen LogP contribution in [0.15, 0.2) is 85.2 Å². The third-order valence-corrected chi connectivity index (χ3v) is 4.58. The number of hydrogen-bond acceptors (Lipinski definition) is 5. The second kappa shape index (κ2) is 9.58. The van der Waals surface area contributed by atoms with Gasteiger partial charge in [0.15, 0.2) is 6.61 Å². The zero-order chi connectivity index (χ0) is 21.5. The number of para-hydroxylation sites is 2. The molecule has 0 aliphatic carbocycles. The lowest BCUT2D eigenvalue weighted by Crippen LogP contribution is -2.22. The number of amides is 1. The summed E-state index contributed by atoms with van der Waals surface area (Å²) in [5.74, 6) is -0.231. The average Bonchev–Trinajstić information content (AvgIpc) is 3.21. The van der Waals surface area contributed by atoms with Crippen molar-refractivity contribution in [1.29, 1.82) is 0 Å². The molecular weight excluding hydrogens is 394 g/mol. The molecule has 1 aromatic heterocycles. The molecule has 1 heterocycles. The summed E-state index contributed by atoms with van der Waals surface area (Å²) >= 11 is 0. The van der Waals surface area contributed by atoms with Gasteiger partial charge in [0.25, 0.3) is 5.91 Å². The number of nitrogens with one attached hydrogen (secondary N) is 1. The van der Waals surface area contributed by atoms with Crippen LogP contribution in [0.1, 0.15) is 5.56 Å². The first-order chi connectivity index (χ1) is 15.2. The maximum Gasteiger partial charge on any atom is 0.326 e. The van der Waals surface area contributed by atoms with E-state index in [0.29, 0.717) is 18.0 Å². The summed E-state index contributed by atoms with van der Waals surface area (Å²) in [6.45, 7) is 0.0909. The van der Waals surface area contributed by atoms with Gasteiger partial charge < -0.3 is 19.4 Å². The van der Waals surface area contributed by atoms with E-state index in [2.05, 4.69) is 10.3 Å². The summed E-state index contributed by atoms with van der Waals surface area (Å²) in [4.78, 5) is 28.4. The van der Waals surface area contributed by atoms with E-state index < -0.39 is 11.9 Å². The Labute approximate surface area is 179 Å². The highest BCUT2D eigenvalue weighted by atomic mass is 16.5. The molecule has 0 spiro atoms. The number of fused-ring (bicyclic) bond motifs is 1. The Morgan fingerprint density at radius 1 is 0.903 bits per heavy atom. The highest BCUT2D eigenvalue weighted by Gasteiger charge is 2.11. The van der Waals surface area contributed by atoms with E-state index in [1.807, 2.05) is 54.6 Å². The number of ether oxygens (including phenoxy) is 2. The summed E-state index contributed by atoms with van der Waals surface area (Å²) < 4.78 is 12.5. The zero-order valence-electron chi connectivity index (χ0n) is 16.7. The number of imidazole rings is 1. The molecule has 0 aliphatic heterocycles. The summed E-state index contributed by atoms with van der Waals surface area (Å²) in [5, 5.41) is 2.70. The zero-order valence-corrected chi connectivity index (χ0v) is 16.7. The molecule has 156 valence electrons. The van der Waals surface area contributed by atoms with E-state index in [1.54, 1.807) is 35.2 Å². The van der Waals surface area contributed by atoms with E-state index in [1.165, 1.54) is 0 Å². The third kappa shape index (κ3) is 5.48. The number of carbonyl (C=O) groups excluding carboxylic acids is 2. The number of hydrogen-bond donors (Lipinski definition) is 1. The molecule has 0 fully saturated rings. The molecule has 4 rings (SSSR count). The number of anilines is 1. The van der Waals surface area contributed by atoms with Crippen LogP contribution in [-0.4, -0.2) is 28.0 Å². The molecule has 0 saturated carbocycles. The van der Waals surface area contributed by atoms with Crippen LogP contribution in [0.2, 0.25) is 0 Å². The lowest BCUT2D eigenvalue weighted by molar-refractivity contribution is -0.147. The Balaban J connectivity index is 1.22. The van der Waals surface area contributed by atoms with Crippen molar-refractivity contribution in [1.82, 2.24) is 9.55 Å². The van der Waals surface area contributed by atoms with Crippen LogP contribution in [0, 0.1) is 0 Å². The number of rotatable bonds is 8. The van der Waals surface area contributed by atoms with Gasteiger partial charge in [-0.1, -0.05) is 42.5 Å². The van der Waals surface area contributed by atoms with Gasteiger partial charge in [0.2, 0.25) is 0 Å². The molecular formula is C24H21N3O4. The molecule has 1 N–H and O–H groups in total. The molecule has 7 nitrogen and oxygen atoms in total. The summed E-state index contributed by atoms with van der Waals surface area (Å²) in [6.07, 6.45) is 1.58. The fraction of sp³-hybridized carbons (Fsp3) is 0.125. The minimum absolute atomic E-state index is 0.0127. The van der Waals surface area contributed by atoms with Crippen LogP contribution in [0.3, 0.4) is 0 Å². The van der Waals surface area contributed by atoms with Crippen LogP contribution < -0.4 is 10.1 Å². The first-order valence-corrected chi connectivity index (χ1v) is 9.79. The van der Waals surface area contributed by atoms with Crippen molar-refractivity contribution in [3.63, 3.8) is 0 Å². The molecule has 0 radical (unpaired) electrons. The van der Waals surface area contributed by atoms with Gasteiger partial charge in [-0.2, -0.15) is 0 Å². The number of esters is 1.